The van der Waals surface area contributed by atoms with E-state index in [4.69, 9.17) is 10.00 Å². The molecule has 3 heteroatoms. The Labute approximate surface area is 110 Å². The summed E-state index contributed by atoms with van der Waals surface area (Å²) in [6.45, 7) is 6.01. The SMILES string of the molecule is COc1ccc(CN(C)CCC#N)cc1C(C)C. The molecule has 0 heterocycles. The van der Waals surface area contributed by atoms with Crippen molar-refractivity contribution in [2.24, 2.45) is 0 Å². The summed E-state index contributed by atoms with van der Waals surface area (Å²) in [4.78, 5) is 2.16. The van der Waals surface area contributed by atoms with Crippen LogP contribution >= 0.6 is 0 Å². The van der Waals surface area contributed by atoms with Crippen LogP contribution in [0.4, 0.5) is 0 Å². The van der Waals surface area contributed by atoms with Gasteiger partial charge in [0.2, 0.25) is 0 Å². The standard InChI is InChI=1S/C15H22N2O/c1-12(2)14-10-13(6-7-15(14)18-4)11-17(3)9-5-8-16/h6-7,10,12H,5,9,11H2,1-4H3. The lowest BCUT2D eigenvalue weighted by Crippen LogP contribution is -2.18. The fraction of sp³-hybridized carbons (Fsp3) is 0.533. The zero-order valence-corrected chi connectivity index (χ0v) is 11.7. The molecule has 0 atom stereocenters. The van der Waals surface area contributed by atoms with Gasteiger partial charge in [-0.15, -0.1) is 0 Å². The Bertz CT molecular complexity index is 421. The second-order valence-corrected chi connectivity index (χ2v) is 4.88. The average Bonchev–Trinajstić information content (AvgIpc) is 2.36. The first kappa shape index (κ1) is 14.5. The summed E-state index contributed by atoms with van der Waals surface area (Å²) in [5.74, 6) is 1.40. The van der Waals surface area contributed by atoms with Crippen LogP contribution in [-0.4, -0.2) is 25.6 Å². The first-order valence-electron chi connectivity index (χ1n) is 6.30. The Hall–Kier alpha value is -1.53. The highest BCUT2D eigenvalue weighted by Gasteiger charge is 2.09. The molecule has 0 unspecified atom stereocenters. The minimum absolute atomic E-state index is 0.448. The normalized spacial score (nSPS) is 10.7. The van der Waals surface area contributed by atoms with Gasteiger partial charge in [0.1, 0.15) is 5.75 Å². The highest BCUT2D eigenvalue weighted by Crippen LogP contribution is 2.27. The first-order valence-corrected chi connectivity index (χ1v) is 6.30. The van der Waals surface area contributed by atoms with E-state index in [9.17, 15) is 0 Å². The monoisotopic (exact) mass is 246 g/mol. The molecule has 0 aliphatic rings. The topological polar surface area (TPSA) is 36.3 Å². The lowest BCUT2D eigenvalue weighted by Gasteiger charge is -2.18. The fourth-order valence-electron chi connectivity index (χ4n) is 1.96. The van der Waals surface area contributed by atoms with Gasteiger partial charge in [-0.3, -0.25) is 0 Å². The largest absolute Gasteiger partial charge is 0.496 e. The summed E-state index contributed by atoms with van der Waals surface area (Å²) < 4.78 is 5.37. The van der Waals surface area contributed by atoms with Gasteiger partial charge in [-0.2, -0.15) is 5.26 Å². The molecule has 1 aromatic carbocycles. The number of methoxy groups -OCH3 is 1. The van der Waals surface area contributed by atoms with Gasteiger partial charge < -0.3 is 9.64 Å². The molecular formula is C15H22N2O. The molecule has 1 aromatic rings. The number of nitrogens with zero attached hydrogens (tertiary/aromatic N) is 2. The third-order valence-electron chi connectivity index (χ3n) is 2.97. The van der Waals surface area contributed by atoms with Crippen LogP contribution in [0.25, 0.3) is 0 Å². The van der Waals surface area contributed by atoms with Gasteiger partial charge in [0, 0.05) is 19.5 Å². The number of hydrogen-bond acceptors (Lipinski definition) is 3. The van der Waals surface area contributed by atoms with E-state index in [1.807, 2.05) is 13.1 Å². The highest BCUT2D eigenvalue weighted by atomic mass is 16.5. The van der Waals surface area contributed by atoms with E-state index >= 15 is 0 Å². The molecular weight excluding hydrogens is 224 g/mol. The molecule has 0 aromatic heterocycles. The summed E-state index contributed by atoms with van der Waals surface area (Å²) >= 11 is 0. The number of nitriles is 1. The lowest BCUT2D eigenvalue weighted by atomic mass is 9.99. The van der Waals surface area contributed by atoms with Crippen LogP contribution in [0.3, 0.4) is 0 Å². The van der Waals surface area contributed by atoms with Gasteiger partial charge in [-0.25, -0.2) is 0 Å². The molecule has 0 radical (unpaired) electrons. The Kier molecular flexibility index (Phi) is 5.67. The fourth-order valence-corrected chi connectivity index (χ4v) is 1.96. The van der Waals surface area contributed by atoms with Crippen LogP contribution in [0, 0.1) is 11.3 Å². The quantitative estimate of drug-likeness (QED) is 0.773. The predicted molar refractivity (Wildman–Crippen MR) is 73.6 cm³/mol. The Morgan fingerprint density at radius 3 is 2.67 bits per heavy atom. The minimum Gasteiger partial charge on any atom is -0.496 e. The van der Waals surface area contributed by atoms with Gasteiger partial charge in [0.25, 0.3) is 0 Å². The third kappa shape index (κ3) is 4.05. The predicted octanol–water partition coefficient (Wildman–Crippen LogP) is 3.16. The molecule has 0 saturated carbocycles. The van der Waals surface area contributed by atoms with E-state index in [1.54, 1.807) is 7.11 Å². The van der Waals surface area contributed by atoms with Crippen LogP contribution in [0.5, 0.6) is 5.75 Å². The van der Waals surface area contributed by atoms with Crippen molar-refractivity contribution >= 4 is 0 Å². The molecule has 18 heavy (non-hydrogen) atoms. The molecule has 98 valence electrons. The molecule has 0 bridgehead atoms. The molecule has 0 saturated heterocycles. The summed E-state index contributed by atoms with van der Waals surface area (Å²) in [5.41, 5.74) is 2.50. The number of rotatable bonds is 6. The van der Waals surface area contributed by atoms with Crippen molar-refractivity contribution < 1.29 is 4.74 Å². The molecule has 1 rings (SSSR count). The minimum atomic E-state index is 0.448. The van der Waals surface area contributed by atoms with Gasteiger partial charge >= 0.3 is 0 Å². The van der Waals surface area contributed by atoms with Gasteiger partial charge in [0.05, 0.1) is 13.2 Å². The molecule has 0 aliphatic carbocycles. The van der Waals surface area contributed by atoms with E-state index in [0.717, 1.165) is 18.8 Å². The molecule has 0 spiro atoms. The molecule has 0 amide bonds. The Morgan fingerprint density at radius 2 is 2.11 bits per heavy atom. The zero-order chi connectivity index (χ0) is 13.5. The van der Waals surface area contributed by atoms with Crippen LogP contribution in [-0.2, 0) is 6.54 Å². The molecule has 0 N–H and O–H groups in total. The van der Waals surface area contributed by atoms with Crippen LogP contribution in [0.2, 0.25) is 0 Å². The van der Waals surface area contributed by atoms with Crippen LogP contribution in [0.15, 0.2) is 18.2 Å². The molecule has 0 aliphatic heterocycles. The average molecular weight is 246 g/mol. The summed E-state index contributed by atoms with van der Waals surface area (Å²) in [6.07, 6.45) is 0.573. The van der Waals surface area contributed by atoms with Crippen molar-refractivity contribution in [2.75, 3.05) is 20.7 Å². The van der Waals surface area contributed by atoms with Crippen molar-refractivity contribution in [3.8, 4) is 11.8 Å². The molecule has 3 nitrogen and oxygen atoms in total. The summed E-state index contributed by atoms with van der Waals surface area (Å²) in [5, 5.41) is 8.57. The second-order valence-electron chi connectivity index (χ2n) is 4.88. The maximum absolute atomic E-state index is 8.57. The number of benzene rings is 1. The third-order valence-corrected chi connectivity index (χ3v) is 2.97. The van der Waals surface area contributed by atoms with Crippen molar-refractivity contribution in [2.45, 2.75) is 32.7 Å². The van der Waals surface area contributed by atoms with Crippen molar-refractivity contribution in [1.29, 1.82) is 5.26 Å². The van der Waals surface area contributed by atoms with E-state index in [1.165, 1.54) is 11.1 Å². The van der Waals surface area contributed by atoms with Crippen molar-refractivity contribution in [3.05, 3.63) is 29.3 Å². The van der Waals surface area contributed by atoms with Crippen LogP contribution in [0.1, 0.15) is 37.3 Å². The first-order chi connectivity index (χ1) is 8.58. The lowest BCUT2D eigenvalue weighted by molar-refractivity contribution is 0.334. The van der Waals surface area contributed by atoms with Gasteiger partial charge in [0.15, 0.2) is 0 Å². The number of ether oxygens (including phenoxy) is 1. The summed E-state index contributed by atoms with van der Waals surface area (Å²) in [7, 11) is 3.75. The highest BCUT2D eigenvalue weighted by molar-refractivity contribution is 5.39. The summed E-state index contributed by atoms with van der Waals surface area (Å²) in [6, 6.07) is 8.49. The Morgan fingerprint density at radius 1 is 1.39 bits per heavy atom. The van der Waals surface area contributed by atoms with E-state index < -0.39 is 0 Å². The molecule has 0 fully saturated rings. The number of hydrogen-bond donors (Lipinski definition) is 0. The van der Waals surface area contributed by atoms with E-state index in [-0.39, 0.29) is 0 Å². The van der Waals surface area contributed by atoms with E-state index in [2.05, 4.69) is 36.9 Å². The van der Waals surface area contributed by atoms with Gasteiger partial charge in [-0.05, 0) is 30.2 Å². The van der Waals surface area contributed by atoms with Gasteiger partial charge in [-0.1, -0.05) is 26.0 Å². The second kappa shape index (κ2) is 7.03. The van der Waals surface area contributed by atoms with Crippen LogP contribution < -0.4 is 4.74 Å². The van der Waals surface area contributed by atoms with Crippen molar-refractivity contribution in [1.82, 2.24) is 4.90 Å². The maximum atomic E-state index is 8.57. The maximum Gasteiger partial charge on any atom is 0.122 e. The smallest absolute Gasteiger partial charge is 0.122 e. The van der Waals surface area contributed by atoms with E-state index in [0.29, 0.717) is 12.3 Å². The van der Waals surface area contributed by atoms with Crippen molar-refractivity contribution in [3.63, 3.8) is 0 Å². The zero-order valence-electron chi connectivity index (χ0n) is 11.7. The Balaban J connectivity index is 2.79.